The highest BCUT2D eigenvalue weighted by molar-refractivity contribution is 6.26. The van der Waals surface area contributed by atoms with Crippen LogP contribution in [-0.4, -0.2) is 0 Å². The van der Waals surface area contributed by atoms with Crippen molar-refractivity contribution in [2.75, 3.05) is 0 Å². The fourth-order valence-electron chi connectivity index (χ4n) is 7.14. The Morgan fingerprint density at radius 3 is 1.26 bits per heavy atom. The van der Waals surface area contributed by atoms with Gasteiger partial charge in [-0.3, -0.25) is 0 Å². The molecule has 0 saturated heterocycles. The lowest BCUT2D eigenvalue weighted by Gasteiger charge is -2.22. The van der Waals surface area contributed by atoms with E-state index in [0.29, 0.717) is 11.8 Å². The first-order valence-electron chi connectivity index (χ1n) is 15.2. The molecule has 0 spiro atoms. The molecule has 42 heavy (non-hydrogen) atoms. The smallest absolute Gasteiger partial charge is 0.136 e. The summed E-state index contributed by atoms with van der Waals surface area (Å²) in [6, 6.07) is 35.2. The summed E-state index contributed by atoms with van der Waals surface area (Å²) < 4.78 is 13.4. The van der Waals surface area contributed by atoms with Gasteiger partial charge in [0.2, 0.25) is 0 Å². The van der Waals surface area contributed by atoms with E-state index in [1.807, 2.05) is 0 Å². The summed E-state index contributed by atoms with van der Waals surface area (Å²) in [4.78, 5) is 0. The topological polar surface area (TPSA) is 26.3 Å². The van der Waals surface area contributed by atoms with Crippen LogP contribution in [-0.2, 0) is 12.8 Å². The molecule has 2 aliphatic heterocycles. The predicted octanol–water partition coefficient (Wildman–Crippen LogP) is 11.8. The van der Waals surface area contributed by atoms with Crippen LogP contribution in [0.3, 0.4) is 0 Å². The molecule has 2 heteroatoms. The molecule has 0 amide bonds. The van der Waals surface area contributed by atoms with Crippen molar-refractivity contribution in [2.45, 2.75) is 40.5 Å². The van der Waals surface area contributed by atoms with Gasteiger partial charge in [-0.15, -0.1) is 0 Å². The second-order valence-electron chi connectivity index (χ2n) is 12.7. The van der Waals surface area contributed by atoms with Crippen molar-refractivity contribution in [3.8, 4) is 33.4 Å². The van der Waals surface area contributed by atoms with Crippen LogP contribution in [0, 0.1) is 11.8 Å². The van der Waals surface area contributed by atoms with Crippen LogP contribution in [0.1, 0.15) is 38.8 Å². The van der Waals surface area contributed by atoms with Gasteiger partial charge >= 0.3 is 0 Å². The summed E-state index contributed by atoms with van der Waals surface area (Å²) in [6.07, 6.45) is 2.09. The zero-order valence-corrected chi connectivity index (χ0v) is 24.6. The molecule has 206 valence electrons. The minimum absolute atomic E-state index is 0.580. The summed E-state index contributed by atoms with van der Waals surface area (Å²) in [5.41, 5.74) is 13.7. The van der Waals surface area contributed by atoms with E-state index in [9.17, 15) is 0 Å². The highest BCUT2D eigenvalue weighted by atomic mass is 16.3. The van der Waals surface area contributed by atoms with Gasteiger partial charge in [-0.1, -0.05) is 88.4 Å². The third-order valence-corrected chi connectivity index (χ3v) is 8.77. The van der Waals surface area contributed by atoms with Crippen molar-refractivity contribution >= 4 is 43.9 Å². The third-order valence-electron chi connectivity index (χ3n) is 8.77. The molecule has 0 N–H and O–H groups in total. The monoisotopic (exact) mass is 546 g/mol. The molecule has 0 aromatic heterocycles. The Balaban J connectivity index is 1.43. The van der Waals surface area contributed by atoms with Crippen LogP contribution in [0.25, 0.3) is 77.3 Å². The highest BCUT2D eigenvalue weighted by Crippen LogP contribution is 2.51. The van der Waals surface area contributed by atoms with E-state index in [1.165, 1.54) is 44.2 Å². The van der Waals surface area contributed by atoms with E-state index in [0.717, 1.165) is 57.1 Å². The van der Waals surface area contributed by atoms with Crippen LogP contribution in [0.5, 0.6) is 0 Å². The van der Waals surface area contributed by atoms with Crippen molar-refractivity contribution in [1.82, 2.24) is 0 Å². The molecule has 6 aromatic carbocycles. The lowest BCUT2D eigenvalue weighted by molar-refractivity contribution is 0.646. The van der Waals surface area contributed by atoms with E-state index < -0.39 is 0 Å². The molecule has 0 saturated carbocycles. The minimum atomic E-state index is 0.580. The Bertz CT molecular complexity index is 2040. The summed E-state index contributed by atoms with van der Waals surface area (Å²) in [5, 5.41) is 4.69. The second-order valence-corrected chi connectivity index (χ2v) is 12.7. The van der Waals surface area contributed by atoms with Gasteiger partial charge in [0, 0.05) is 21.9 Å². The first kappa shape index (κ1) is 25.2. The van der Waals surface area contributed by atoms with Crippen molar-refractivity contribution < 1.29 is 8.83 Å². The number of benzene rings is 6. The zero-order chi connectivity index (χ0) is 28.5. The molecule has 2 nitrogen and oxygen atoms in total. The maximum absolute atomic E-state index is 6.69. The standard InChI is InChI=1S/C40H34O2/c1-23(2)21-25-9-5-7-11-27(25)29-13-17-33-37-31(29)15-19-35-39(37)40-36(41-33)20-16-32-30(14-18-34(42-35)38(32)40)28-12-8-6-10-26(28)22-24(3)4/h5-20,23-24H,21-22H2,1-4H3. The molecule has 8 rings (SSSR count). The molecule has 2 aliphatic rings. The van der Waals surface area contributed by atoms with E-state index in [2.05, 4.69) is 125 Å². The average Bonchev–Trinajstić information content (AvgIpc) is 2.98. The van der Waals surface area contributed by atoms with Crippen LogP contribution in [0.15, 0.2) is 106 Å². The van der Waals surface area contributed by atoms with Crippen molar-refractivity contribution in [3.63, 3.8) is 0 Å². The Morgan fingerprint density at radius 2 is 0.833 bits per heavy atom. The van der Waals surface area contributed by atoms with Gasteiger partial charge in [0.25, 0.3) is 0 Å². The van der Waals surface area contributed by atoms with Crippen LogP contribution in [0.2, 0.25) is 0 Å². The predicted molar refractivity (Wildman–Crippen MR) is 177 cm³/mol. The minimum Gasteiger partial charge on any atom is -0.456 e. The number of hydrogen-bond donors (Lipinski definition) is 0. The third kappa shape index (κ3) is 3.78. The van der Waals surface area contributed by atoms with Gasteiger partial charge in [0.05, 0.1) is 0 Å². The molecule has 0 atom stereocenters. The van der Waals surface area contributed by atoms with E-state index in [1.54, 1.807) is 0 Å². The fraction of sp³-hybridized carbons (Fsp3) is 0.200. The van der Waals surface area contributed by atoms with E-state index >= 15 is 0 Å². The van der Waals surface area contributed by atoms with Crippen LogP contribution in [0.4, 0.5) is 0 Å². The number of hydrogen-bond acceptors (Lipinski definition) is 2. The van der Waals surface area contributed by atoms with Gasteiger partial charge in [0.1, 0.15) is 22.3 Å². The fourth-order valence-corrected chi connectivity index (χ4v) is 7.14. The lowest BCUT2D eigenvalue weighted by atomic mass is 9.84. The Labute approximate surface area is 246 Å². The molecule has 0 fully saturated rings. The first-order chi connectivity index (χ1) is 20.5. The molecule has 6 aromatic rings. The maximum atomic E-state index is 6.69. The average molecular weight is 547 g/mol. The molecular weight excluding hydrogens is 512 g/mol. The highest BCUT2D eigenvalue weighted by Gasteiger charge is 2.27. The van der Waals surface area contributed by atoms with Crippen molar-refractivity contribution in [3.05, 3.63) is 108 Å². The van der Waals surface area contributed by atoms with E-state index in [4.69, 9.17) is 8.83 Å². The van der Waals surface area contributed by atoms with Crippen LogP contribution >= 0.6 is 0 Å². The summed E-state index contributed by atoms with van der Waals surface area (Å²) in [6.45, 7) is 9.14. The van der Waals surface area contributed by atoms with Gasteiger partial charge in [0.15, 0.2) is 0 Å². The van der Waals surface area contributed by atoms with Gasteiger partial charge in [-0.05, 0) is 105 Å². The van der Waals surface area contributed by atoms with Gasteiger partial charge in [-0.2, -0.15) is 0 Å². The quantitative estimate of drug-likeness (QED) is 0.153. The second kappa shape index (κ2) is 9.49. The summed E-state index contributed by atoms with van der Waals surface area (Å²) in [7, 11) is 0. The van der Waals surface area contributed by atoms with Crippen molar-refractivity contribution in [1.29, 1.82) is 0 Å². The summed E-state index contributed by atoms with van der Waals surface area (Å²) >= 11 is 0. The molecule has 2 heterocycles. The Kier molecular flexibility index (Phi) is 5.69. The molecular formula is C40H34O2. The molecule has 0 aliphatic carbocycles. The zero-order valence-electron chi connectivity index (χ0n) is 24.6. The van der Waals surface area contributed by atoms with Gasteiger partial charge < -0.3 is 8.83 Å². The largest absolute Gasteiger partial charge is 0.456 e. The number of rotatable bonds is 6. The van der Waals surface area contributed by atoms with E-state index in [-0.39, 0.29) is 0 Å². The van der Waals surface area contributed by atoms with Crippen molar-refractivity contribution in [2.24, 2.45) is 11.8 Å². The Morgan fingerprint density at radius 1 is 0.429 bits per heavy atom. The normalized spacial score (nSPS) is 12.4. The van der Waals surface area contributed by atoms with Gasteiger partial charge in [-0.25, -0.2) is 0 Å². The molecule has 0 bridgehead atoms. The first-order valence-corrected chi connectivity index (χ1v) is 15.2. The molecule has 0 radical (unpaired) electrons. The SMILES string of the molecule is CC(C)Cc1ccccc1-c1ccc2oc3ccc4c(-c5ccccc5CC(C)C)ccc5oc6ccc1c2c6-c3c54. The maximum Gasteiger partial charge on any atom is 0.136 e. The van der Waals surface area contributed by atoms with Crippen LogP contribution < -0.4 is 0 Å². The Hall–Kier alpha value is -4.56. The lowest BCUT2D eigenvalue weighted by Crippen LogP contribution is -1.99. The summed E-state index contributed by atoms with van der Waals surface area (Å²) in [5.74, 6) is 1.16. The molecule has 0 unspecified atom stereocenters.